The van der Waals surface area contributed by atoms with Crippen molar-refractivity contribution in [1.82, 2.24) is 0 Å². The number of ether oxygens (including phenoxy) is 2. The Kier molecular flexibility index (Phi) is 4.96. The number of carbonyl (C=O) groups excluding carboxylic acids is 1. The predicted molar refractivity (Wildman–Crippen MR) is 81.6 cm³/mol. The molecule has 106 valence electrons. The number of methoxy groups -OCH3 is 1. The Morgan fingerprint density at radius 1 is 1.24 bits per heavy atom. The van der Waals surface area contributed by atoms with E-state index < -0.39 is 0 Å². The number of nitriles is 1. The van der Waals surface area contributed by atoms with Crippen molar-refractivity contribution in [2.75, 3.05) is 7.11 Å². The Bertz CT molecular complexity index is 707. The Balaban J connectivity index is 2.24. The molecule has 4 nitrogen and oxygen atoms in total. The fourth-order valence-corrected chi connectivity index (χ4v) is 2.22. The summed E-state index contributed by atoms with van der Waals surface area (Å²) in [5.74, 6) is 1.12. The van der Waals surface area contributed by atoms with E-state index in [2.05, 4.69) is 22.0 Å². The van der Waals surface area contributed by atoms with Crippen LogP contribution in [0.25, 0.3) is 0 Å². The van der Waals surface area contributed by atoms with Crippen molar-refractivity contribution < 1.29 is 14.3 Å². The summed E-state index contributed by atoms with van der Waals surface area (Å²) in [5.41, 5.74) is 1.73. The molecule has 21 heavy (non-hydrogen) atoms. The van der Waals surface area contributed by atoms with Crippen LogP contribution in [0, 0.1) is 11.3 Å². The highest BCUT2D eigenvalue weighted by molar-refractivity contribution is 9.10. The highest BCUT2D eigenvalue weighted by Crippen LogP contribution is 2.25. The second-order valence-corrected chi connectivity index (χ2v) is 5.15. The second-order valence-electron chi connectivity index (χ2n) is 4.23. The average Bonchev–Trinajstić information content (AvgIpc) is 2.53. The van der Waals surface area contributed by atoms with Gasteiger partial charge in [0.2, 0.25) is 0 Å². The lowest BCUT2D eigenvalue weighted by atomic mass is 10.1. The van der Waals surface area contributed by atoms with Crippen LogP contribution in [-0.4, -0.2) is 13.4 Å². The predicted octanol–water partition coefficient (Wildman–Crippen LogP) is 3.72. The summed E-state index contributed by atoms with van der Waals surface area (Å²) in [7, 11) is 1.56. The fourth-order valence-electron chi connectivity index (χ4n) is 1.86. The first-order valence-corrected chi connectivity index (χ1v) is 6.91. The molecule has 0 fully saturated rings. The molecule has 0 radical (unpaired) electrons. The van der Waals surface area contributed by atoms with Gasteiger partial charge in [0.15, 0.2) is 0 Å². The zero-order chi connectivity index (χ0) is 15.2. The standard InChI is InChI=1S/C16H12BrNO3/c1-20-15-4-2-11(9-19)6-13(15)10-21-16-5-3-14(17)7-12(16)8-18/h2-7,9H,10H2,1H3. The number of hydrogen-bond acceptors (Lipinski definition) is 4. The van der Waals surface area contributed by atoms with Gasteiger partial charge in [-0.2, -0.15) is 5.26 Å². The van der Waals surface area contributed by atoms with E-state index in [0.29, 0.717) is 22.6 Å². The van der Waals surface area contributed by atoms with Gasteiger partial charge < -0.3 is 9.47 Å². The Labute approximate surface area is 131 Å². The molecule has 0 aliphatic carbocycles. The van der Waals surface area contributed by atoms with Crippen LogP contribution in [0.4, 0.5) is 0 Å². The van der Waals surface area contributed by atoms with E-state index in [0.717, 1.165) is 16.3 Å². The number of benzene rings is 2. The van der Waals surface area contributed by atoms with Crippen molar-refractivity contribution >= 4 is 22.2 Å². The molecule has 0 amide bonds. The van der Waals surface area contributed by atoms with Crippen LogP contribution < -0.4 is 9.47 Å². The molecule has 0 unspecified atom stereocenters. The molecule has 5 heteroatoms. The summed E-state index contributed by atoms with van der Waals surface area (Å²) in [6, 6.07) is 12.4. The van der Waals surface area contributed by atoms with Gasteiger partial charge in [-0.1, -0.05) is 15.9 Å². The Hall–Kier alpha value is -2.32. The minimum atomic E-state index is 0.209. The second kappa shape index (κ2) is 6.91. The van der Waals surface area contributed by atoms with Gasteiger partial charge in [0.25, 0.3) is 0 Å². The van der Waals surface area contributed by atoms with Crippen LogP contribution >= 0.6 is 15.9 Å². The SMILES string of the molecule is COc1ccc(C=O)cc1COc1ccc(Br)cc1C#N. The number of carbonyl (C=O) groups is 1. The molecule has 0 atom stereocenters. The van der Waals surface area contributed by atoms with E-state index in [1.807, 2.05) is 0 Å². The fraction of sp³-hybridized carbons (Fsp3) is 0.125. The molecule has 0 saturated heterocycles. The monoisotopic (exact) mass is 345 g/mol. The van der Waals surface area contributed by atoms with Gasteiger partial charge in [-0.3, -0.25) is 4.79 Å². The highest BCUT2D eigenvalue weighted by Gasteiger charge is 2.08. The molecule has 0 spiro atoms. The summed E-state index contributed by atoms with van der Waals surface area (Å²) in [5, 5.41) is 9.10. The van der Waals surface area contributed by atoms with Crippen molar-refractivity contribution in [2.24, 2.45) is 0 Å². The molecule has 0 aromatic heterocycles. The normalized spacial score (nSPS) is 9.76. The first-order valence-electron chi connectivity index (χ1n) is 6.12. The zero-order valence-corrected chi connectivity index (χ0v) is 12.9. The maximum Gasteiger partial charge on any atom is 0.150 e. The van der Waals surface area contributed by atoms with Gasteiger partial charge in [-0.05, 0) is 36.4 Å². The number of nitrogens with zero attached hydrogens (tertiary/aromatic N) is 1. The quantitative estimate of drug-likeness (QED) is 0.775. The van der Waals surface area contributed by atoms with E-state index in [1.165, 1.54) is 0 Å². The summed E-state index contributed by atoms with van der Waals surface area (Å²) >= 11 is 3.31. The molecule has 2 aromatic carbocycles. The van der Waals surface area contributed by atoms with Gasteiger partial charge in [-0.15, -0.1) is 0 Å². The van der Waals surface area contributed by atoms with Crippen LogP contribution in [0.15, 0.2) is 40.9 Å². The average molecular weight is 346 g/mol. The third kappa shape index (κ3) is 3.61. The van der Waals surface area contributed by atoms with Crippen LogP contribution in [-0.2, 0) is 6.61 Å². The topological polar surface area (TPSA) is 59.3 Å². The van der Waals surface area contributed by atoms with Crippen LogP contribution in [0.2, 0.25) is 0 Å². The van der Waals surface area contributed by atoms with E-state index >= 15 is 0 Å². The summed E-state index contributed by atoms with van der Waals surface area (Å²) in [6.07, 6.45) is 0.767. The molecule has 0 saturated carbocycles. The van der Waals surface area contributed by atoms with Gasteiger partial charge in [0, 0.05) is 15.6 Å². The van der Waals surface area contributed by atoms with E-state index in [-0.39, 0.29) is 6.61 Å². The van der Waals surface area contributed by atoms with E-state index in [1.54, 1.807) is 43.5 Å². The Morgan fingerprint density at radius 2 is 2.00 bits per heavy atom. The largest absolute Gasteiger partial charge is 0.496 e. The summed E-state index contributed by atoms with van der Waals surface area (Å²) < 4.78 is 11.7. The maximum atomic E-state index is 10.8. The number of aldehydes is 1. The molecular weight excluding hydrogens is 334 g/mol. The first-order chi connectivity index (χ1) is 10.2. The molecule has 0 aliphatic rings. The molecular formula is C16H12BrNO3. The minimum Gasteiger partial charge on any atom is -0.496 e. The van der Waals surface area contributed by atoms with Crippen molar-refractivity contribution in [1.29, 1.82) is 5.26 Å². The summed E-state index contributed by atoms with van der Waals surface area (Å²) in [4.78, 5) is 10.8. The first kappa shape index (κ1) is 15.1. The van der Waals surface area contributed by atoms with Crippen LogP contribution in [0.5, 0.6) is 11.5 Å². The third-order valence-corrected chi connectivity index (χ3v) is 3.38. The molecule has 2 rings (SSSR count). The molecule has 0 heterocycles. The van der Waals surface area contributed by atoms with Gasteiger partial charge in [0.05, 0.1) is 12.7 Å². The van der Waals surface area contributed by atoms with Gasteiger partial charge in [0.1, 0.15) is 30.5 Å². The van der Waals surface area contributed by atoms with Crippen molar-refractivity contribution in [3.63, 3.8) is 0 Å². The van der Waals surface area contributed by atoms with E-state index in [9.17, 15) is 4.79 Å². The number of halogens is 1. The smallest absolute Gasteiger partial charge is 0.150 e. The highest BCUT2D eigenvalue weighted by atomic mass is 79.9. The van der Waals surface area contributed by atoms with Gasteiger partial charge >= 0.3 is 0 Å². The molecule has 2 aromatic rings. The van der Waals surface area contributed by atoms with Crippen LogP contribution in [0.1, 0.15) is 21.5 Å². The van der Waals surface area contributed by atoms with Gasteiger partial charge in [-0.25, -0.2) is 0 Å². The lowest BCUT2D eigenvalue weighted by molar-refractivity contribution is 0.112. The number of rotatable bonds is 5. The Morgan fingerprint density at radius 3 is 2.67 bits per heavy atom. The number of hydrogen-bond donors (Lipinski definition) is 0. The molecule has 0 aliphatic heterocycles. The zero-order valence-electron chi connectivity index (χ0n) is 11.3. The minimum absolute atomic E-state index is 0.209. The van der Waals surface area contributed by atoms with E-state index in [4.69, 9.17) is 14.7 Å². The third-order valence-electron chi connectivity index (χ3n) is 2.89. The van der Waals surface area contributed by atoms with Crippen molar-refractivity contribution in [3.05, 3.63) is 57.6 Å². The maximum absolute atomic E-state index is 10.8. The molecule has 0 N–H and O–H groups in total. The van der Waals surface area contributed by atoms with Crippen molar-refractivity contribution in [3.8, 4) is 17.6 Å². The van der Waals surface area contributed by atoms with Crippen molar-refractivity contribution in [2.45, 2.75) is 6.61 Å². The lowest BCUT2D eigenvalue weighted by Gasteiger charge is -2.12. The lowest BCUT2D eigenvalue weighted by Crippen LogP contribution is -2.01. The van der Waals surface area contributed by atoms with Crippen LogP contribution in [0.3, 0.4) is 0 Å². The summed E-state index contributed by atoms with van der Waals surface area (Å²) in [6.45, 7) is 0.209. The molecule has 0 bridgehead atoms.